The fourth-order valence-corrected chi connectivity index (χ4v) is 2.57. The van der Waals surface area contributed by atoms with Gasteiger partial charge in [0.15, 0.2) is 17.3 Å². The number of carbonyl (C=O) groups excluding carboxylic acids is 1. The van der Waals surface area contributed by atoms with Crippen LogP contribution in [0, 0.1) is 6.92 Å². The predicted octanol–water partition coefficient (Wildman–Crippen LogP) is 1.57. The lowest BCUT2D eigenvalue weighted by atomic mass is 10.1. The van der Waals surface area contributed by atoms with E-state index in [1.807, 2.05) is 18.2 Å². The lowest BCUT2D eigenvalue weighted by Gasteiger charge is -2.31. The highest BCUT2D eigenvalue weighted by Crippen LogP contribution is 2.20. The SMILES string of the molecule is Cc1nc2cccc(C(=O)CN3CCN(C)CC3)c2o1. The van der Waals surface area contributed by atoms with Crippen molar-refractivity contribution in [3.63, 3.8) is 0 Å². The fourth-order valence-electron chi connectivity index (χ4n) is 2.57. The lowest BCUT2D eigenvalue weighted by molar-refractivity contribution is 0.0877. The molecule has 0 saturated carbocycles. The molecule has 20 heavy (non-hydrogen) atoms. The second-order valence-corrected chi connectivity index (χ2v) is 5.39. The molecule has 1 fully saturated rings. The highest BCUT2D eigenvalue weighted by atomic mass is 16.3. The minimum Gasteiger partial charge on any atom is -0.440 e. The number of nitrogens with zero attached hydrogens (tertiary/aromatic N) is 3. The molecule has 0 unspecified atom stereocenters. The molecule has 1 aromatic heterocycles. The first-order chi connectivity index (χ1) is 9.63. The first-order valence-electron chi connectivity index (χ1n) is 6.94. The lowest BCUT2D eigenvalue weighted by Crippen LogP contribution is -2.46. The molecule has 106 valence electrons. The van der Waals surface area contributed by atoms with Crippen LogP contribution in [-0.2, 0) is 0 Å². The first kappa shape index (κ1) is 13.3. The Morgan fingerprint density at radius 1 is 1.30 bits per heavy atom. The summed E-state index contributed by atoms with van der Waals surface area (Å²) in [7, 11) is 2.11. The molecule has 1 aliphatic rings. The Balaban J connectivity index is 1.78. The van der Waals surface area contributed by atoms with E-state index < -0.39 is 0 Å². The molecule has 1 saturated heterocycles. The number of piperazine rings is 1. The number of rotatable bonds is 3. The van der Waals surface area contributed by atoms with Crippen molar-refractivity contribution in [3.8, 4) is 0 Å². The van der Waals surface area contributed by atoms with E-state index in [4.69, 9.17) is 4.42 Å². The molecule has 0 bridgehead atoms. The summed E-state index contributed by atoms with van der Waals surface area (Å²) in [6, 6.07) is 5.56. The summed E-state index contributed by atoms with van der Waals surface area (Å²) in [6.07, 6.45) is 0. The summed E-state index contributed by atoms with van der Waals surface area (Å²) in [5, 5.41) is 0. The normalized spacial score (nSPS) is 17.7. The van der Waals surface area contributed by atoms with E-state index in [2.05, 4.69) is 21.8 Å². The maximum atomic E-state index is 12.5. The highest BCUT2D eigenvalue weighted by Gasteiger charge is 2.20. The quantitative estimate of drug-likeness (QED) is 0.794. The molecule has 0 aliphatic carbocycles. The zero-order valence-electron chi connectivity index (χ0n) is 11.9. The van der Waals surface area contributed by atoms with E-state index >= 15 is 0 Å². The van der Waals surface area contributed by atoms with Gasteiger partial charge in [0, 0.05) is 33.1 Å². The van der Waals surface area contributed by atoms with Gasteiger partial charge in [-0.2, -0.15) is 0 Å². The van der Waals surface area contributed by atoms with E-state index in [-0.39, 0.29) is 5.78 Å². The molecular weight excluding hydrogens is 254 g/mol. The highest BCUT2D eigenvalue weighted by molar-refractivity contribution is 6.06. The van der Waals surface area contributed by atoms with Crippen LogP contribution in [0.5, 0.6) is 0 Å². The van der Waals surface area contributed by atoms with E-state index in [9.17, 15) is 4.79 Å². The molecule has 3 rings (SSSR count). The van der Waals surface area contributed by atoms with Crippen LogP contribution >= 0.6 is 0 Å². The van der Waals surface area contributed by atoms with Crippen molar-refractivity contribution in [1.82, 2.24) is 14.8 Å². The molecule has 1 aromatic carbocycles. The number of hydrogen-bond acceptors (Lipinski definition) is 5. The molecule has 0 spiro atoms. The zero-order valence-corrected chi connectivity index (χ0v) is 11.9. The van der Waals surface area contributed by atoms with Gasteiger partial charge in [0.1, 0.15) is 5.52 Å². The van der Waals surface area contributed by atoms with E-state index in [1.54, 1.807) is 6.92 Å². The molecule has 1 aliphatic heterocycles. The topological polar surface area (TPSA) is 49.6 Å². The molecule has 0 N–H and O–H groups in total. The minimum atomic E-state index is 0.108. The van der Waals surface area contributed by atoms with Crippen LogP contribution < -0.4 is 0 Å². The summed E-state index contributed by atoms with van der Waals surface area (Å²) in [4.78, 5) is 21.2. The summed E-state index contributed by atoms with van der Waals surface area (Å²) in [5.74, 6) is 0.705. The Hall–Kier alpha value is -1.72. The number of aryl methyl sites for hydroxylation is 1. The van der Waals surface area contributed by atoms with Crippen LogP contribution in [-0.4, -0.2) is 60.3 Å². The Morgan fingerprint density at radius 2 is 2.05 bits per heavy atom. The van der Waals surface area contributed by atoms with Crippen LogP contribution in [0.15, 0.2) is 22.6 Å². The predicted molar refractivity (Wildman–Crippen MR) is 77.0 cm³/mol. The van der Waals surface area contributed by atoms with Crippen molar-refractivity contribution >= 4 is 16.9 Å². The van der Waals surface area contributed by atoms with Crippen LogP contribution in [0.1, 0.15) is 16.2 Å². The zero-order chi connectivity index (χ0) is 14.1. The van der Waals surface area contributed by atoms with Gasteiger partial charge >= 0.3 is 0 Å². The molecule has 0 amide bonds. The summed E-state index contributed by atoms with van der Waals surface area (Å²) in [5.41, 5.74) is 2.01. The average Bonchev–Trinajstić information content (AvgIpc) is 2.81. The number of aromatic nitrogens is 1. The van der Waals surface area contributed by atoms with Gasteiger partial charge in [0.2, 0.25) is 0 Å². The average molecular weight is 273 g/mol. The largest absolute Gasteiger partial charge is 0.440 e. The molecule has 5 nitrogen and oxygen atoms in total. The van der Waals surface area contributed by atoms with Gasteiger partial charge in [-0.15, -0.1) is 0 Å². The number of hydrogen-bond donors (Lipinski definition) is 0. The number of oxazole rings is 1. The number of para-hydroxylation sites is 1. The Morgan fingerprint density at radius 3 is 2.80 bits per heavy atom. The fraction of sp³-hybridized carbons (Fsp3) is 0.467. The van der Waals surface area contributed by atoms with Gasteiger partial charge in [-0.3, -0.25) is 9.69 Å². The van der Waals surface area contributed by atoms with Crippen LogP contribution in [0.4, 0.5) is 0 Å². The van der Waals surface area contributed by atoms with E-state index in [1.165, 1.54) is 0 Å². The van der Waals surface area contributed by atoms with Gasteiger partial charge in [-0.1, -0.05) is 6.07 Å². The van der Waals surface area contributed by atoms with E-state index in [0.29, 0.717) is 23.6 Å². The smallest absolute Gasteiger partial charge is 0.192 e. The monoisotopic (exact) mass is 273 g/mol. The third-order valence-electron chi connectivity index (χ3n) is 3.79. The second-order valence-electron chi connectivity index (χ2n) is 5.39. The number of ketones is 1. The second kappa shape index (κ2) is 5.34. The van der Waals surface area contributed by atoms with Crippen LogP contribution in [0.2, 0.25) is 0 Å². The molecule has 0 atom stereocenters. The summed E-state index contributed by atoms with van der Waals surface area (Å²) in [6.45, 7) is 6.15. The maximum absolute atomic E-state index is 12.5. The van der Waals surface area contributed by atoms with Crippen molar-refractivity contribution in [2.45, 2.75) is 6.92 Å². The van der Waals surface area contributed by atoms with Gasteiger partial charge < -0.3 is 9.32 Å². The number of benzene rings is 1. The molecular formula is C15H19N3O2. The minimum absolute atomic E-state index is 0.108. The van der Waals surface area contributed by atoms with Crippen molar-refractivity contribution in [2.75, 3.05) is 39.8 Å². The summed E-state index contributed by atoms with van der Waals surface area (Å²) < 4.78 is 5.57. The van der Waals surface area contributed by atoms with Gasteiger partial charge in [-0.25, -0.2) is 4.98 Å². The van der Waals surface area contributed by atoms with Crippen molar-refractivity contribution in [2.24, 2.45) is 0 Å². The third kappa shape index (κ3) is 2.59. The van der Waals surface area contributed by atoms with Crippen molar-refractivity contribution in [3.05, 3.63) is 29.7 Å². The number of likely N-dealkylation sites (N-methyl/N-ethyl adjacent to an activating group) is 1. The summed E-state index contributed by atoms with van der Waals surface area (Å²) >= 11 is 0. The third-order valence-corrected chi connectivity index (χ3v) is 3.79. The molecule has 5 heteroatoms. The Kier molecular flexibility index (Phi) is 3.54. The molecule has 2 aromatic rings. The van der Waals surface area contributed by atoms with E-state index in [0.717, 1.165) is 31.7 Å². The maximum Gasteiger partial charge on any atom is 0.192 e. The van der Waals surface area contributed by atoms with Crippen LogP contribution in [0.25, 0.3) is 11.1 Å². The molecule has 0 radical (unpaired) electrons. The van der Waals surface area contributed by atoms with Gasteiger partial charge in [0.05, 0.1) is 12.1 Å². The van der Waals surface area contributed by atoms with Gasteiger partial charge in [0.25, 0.3) is 0 Å². The Labute approximate surface area is 118 Å². The first-order valence-corrected chi connectivity index (χ1v) is 6.94. The number of fused-ring (bicyclic) bond motifs is 1. The van der Waals surface area contributed by atoms with Crippen molar-refractivity contribution < 1.29 is 9.21 Å². The van der Waals surface area contributed by atoms with Crippen LogP contribution in [0.3, 0.4) is 0 Å². The standard InChI is InChI=1S/C15H19N3O2/c1-11-16-13-5-3-4-12(15(13)20-11)14(19)10-18-8-6-17(2)7-9-18/h3-5H,6-10H2,1-2H3. The number of Topliss-reactive ketones (excluding diaryl/α,β-unsaturated/α-hetero) is 1. The number of carbonyl (C=O) groups is 1. The van der Waals surface area contributed by atoms with Crippen molar-refractivity contribution in [1.29, 1.82) is 0 Å². The van der Waals surface area contributed by atoms with Gasteiger partial charge in [-0.05, 0) is 19.2 Å². The molecule has 2 heterocycles. The Bertz CT molecular complexity index is 627.